The van der Waals surface area contributed by atoms with E-state index in [-0.39, 0.29) is 30.4 Å². The third kappa shape index (κ3) is 5.51. The summed E-state index contributed by atoms with van der Waals surface area (Å²) in [6.07, 6.45) is 2.24. The number of nitrogens with zero attached hydrogens (tertiary/aromatic N) is 1. The van der Waals surface area contributed by atoms with Gasteiger partial charge in [0.1, 0.15) is 0 Å². The van der Waals surface area contributed by atoms with Crippen LogP contribution in [0.4, 0.5) is 5.69 Å². The molecule has 2 aliphatic heterocycles. The molecule has 0 saturated carbocycles. The summed E-state index contributed by atoms with van der Waals surface area (Å²) >= 11 is 6.23. The maximum atomic E-state index is 13.8. The number of methoxy groups -OCH3 is 1. The highest BCUT2D eigenvalue weighted by Crippen LogP contribution is 2.44. The van der Waals surface area contributed by atoms with E-state index in [2.05, 4.69) is 5.32 Å². The maximum absolute atomic E-state index is 13.8. The Hall–Kier alpha value is -3.06. The summed E-state index contributed by atoms with van der Waals surface area (Å²) in [5, 5.41) is 15.5. The molecule has 1 amide bonds. The van der Waals surface area contributed by atoms with Gasteiger partial charge in [0.2, 0.25) is 5.91 Å². The molecule has 39 heavy (non-hydrogen) atoms. The number of hydrogen-bond donors (Lipinski definition) is 2. The van der Waals surface area contributed by atoms with E-state index in [4.69, 9.17) is 21.1 Å². The minimum absolute atomic E-state index is 0.0157. The Morgan fingerprint density at radius 2 is 1.79 bits per heavy atom. The van der Waals surface area contributed by atoms with Gasteiger partial charge in [-0.25, -0.2) is 0 Å². The summed E-state index contributed by atoms with van der Waals surface area (Å²) in [7, 11) is 1.61. The van der Waals surface area contributed by atoms with Gasteiger partial charge in [0.15, 0.2) is 11.5 Å². The fourth-order valence-corrected chi connectivity index (χ4v) is 5.98. The van der Waals surface area contributed by atoms with Crippen molar-refractivity contribution >= 4 is 23.2 Å². The number of fused-ring (bicyclic) bond motifs is 1. The van der Waals surface area contributed by atoms with Crippen LogP contribution in [-0.4, -0.2) is 37.3 Å². The van der Waals surface area contributed by atoms with Gasteiger partial charge in [-0.3, -0.25) is 4.79 Å². The van der Waals surface area contributed by atoms with Crippen LogP contribution >= 0.6 is 11.6 Å². The molecule has 3 aromatic carbocycles. The zero-order valence-electron chi connectivity index (χ0n) is 23.0. The summed E-state index contributed by atoms with van der Waals surface area (Å²) < 4.78 is 11.7. The molecule has 6 nitrogen and oxygen atoms in total. The van der Waals surface area contributed by atoms with Crippen LogP contribution in [0.3, 0.4) is 0 Å². The fraction of sp³-hybridized carbons (Fsp3) is 0.406. The van der Waals surface area contributed by atoms with Gasteiger partial charge >= 0.3 is 0 Å². The number of carbonyl (C=O) groups excluding carboxylic acids is 1. The molecule has 2 N–H and O–H groups in total. The lowest BCUT2D eigenvalue weighted by Gasteiger charge is -2.39. The van der Waals surface area contributed by atoms with Gasteiger partial charge in [-0.1, -0.05) is 35.9 Å². The highest BCUT2D eigenvalue weighted by molar-refractivity contribution is 6.30. The first-order chi connectivity index (χ1) is 18.7. The number of carbonyl (C=O) groups is 1. The number of amides is 1. The van der Waals surface area contributed by atoms with Gasteiger partial charge in [-0.05, 0) is 98.8 Å². The molecular weight excluding hydrogens is 512 g/mol. The van der Waals surface area contributed by atoms with Crippen molar-refractivity contribution in [3.63, 3.8) is 0 Å². The van der Waals surface area contributed by atoms with Gasteiger partial charge in [-0.15, -0.1) is 0 Å². The van der Waals surface area contributed by atoms with Crippen LogP contribution in [-0.2, 0) is 16.8 Å². The first-order valence-electron chi connectivity index (χ1n) is 13.7. The Kier molecular flexibility index (Phi) is 7.90. The molecule has 0 aliphatic carbocycles. The lowest BCUT2D eigenvalue weighted by molar-refractivity contribution is -0.118. The summed E-state index contributed by atoms with van der Waals surface area (Å²) in [5.41, 5.74) is 3.50. The van der Waals surface area contributed by atoms with E-state index < -0.39 is 5.60 Å². The molecule has 1 unspecified atom stereocenters. The number of halogens is 1. The average molecular weight is 549 g/mol. The van der Waals surface area contributed by atoms with Gasteiger partial charge < -0.3 is 24.8 Å². The monoisotopic (exact) mass is 548 g/mol. The van der Waals surface area contributed by atoms with Crippen LogP contribution in [0.5, 0.6) is 11.5 Å². The molecular formula is C32H37ClN2O4. The molecule has 5 rings (SSSR count). The summed E-state index contributed by atoms with van der Waals surface area (Å²) in [5.74, 6) is 1.38. The largest absolute Gasteiger partial charge is 0.493 e. The van der Waals surface area contributed by atoms with E-state index in [0.29, 0.717) is 16.5 Å². The van der Waals surface area contributed by atoms with Gasteiger partial charge in [0, 0.05) is 23.2 Å². The third-order valence-corrected chi connectivity index (χ3v) is 8.21. The molecule has 7 heteroatoms. The standard InChI is InChI=1S/C32H37ClN2O4/c1-20(2)39-29-18-27-22(16-28(29)38-4)17-30(36)35(31(27)21-7-11-25(33)12-8-21)26-13-9-23(10-14-26)32(3,37)24-6-5-15-34-19-24/h7-14,16,18,20,24,31,34,37H,5-6,15,17,19H2,1-4H3/t24?,31-,32+/m0/s1. The molecule has 0 bridgehead atoms. The predicted octanol–water partition coefficient (Wildman–Crippen LogP) is 6.02. The van der Waals surface area contributed by atoms with Gasteiger partial charge in [0.25, 0.3) is 0 Å². The normalized spacial score (nSPS) is 20.9. The zero-order valence-corrected chi connectivity index (χ0v) is 23.8. The number of anilines is 1. The number of benzene rings is 3. The Morgan fingerprint density at radius 1 is 1.08 bits per heavy atom. The van der Waals surface area contributed by atoms with E-state index >= 15 is 0 Å². The number of piperidine rings is 1. The van der Waals surface area contributed by atoms with Crippen molar-refractivity contribution in [3.05, 3.63) is 87.9 Å². The van der Waals surface area contributed by atoms with Crippen molar-refractivity contribution < 1.29 is 19.4 Å². The number of ether oxygens (including phenoxy) is 2. The Bertz CT molecular complexity index is 1320. The van der Waals surface area contributed by atoms with Crippen LogP contribution in [0.15, 0.2) is 60.7 Å². The second kappa shape index (κ2) is 11.2. The third-order valence-electron chi connectivity index (χ3n) is 7.96. The molecule has 0 radical (unpaired) electrons. The molecule has 206 valence electrons. The van der Waals surface area contributed by atoms with Crippen molar-refractivity contribution in [2.75, 3.05) is 25.1 Å². The van der Waals surface area contributed by atoms with Crippen molar-refractivity contribution in [3.8, 4) is 11.5 Å². The Balaban J connectivity index is 1.58. The topological polar surface area (TPSA) is 71.0 Å². The van der Waals surface area contributed by atoms with Crippen molar-refractivity contribution in [2.45, 2.75) is 57.8 Å². The van der Waals surface area contributed by atoms with Gasteiger partial charge in [0.05, 0.1) is 31.3 Å². The Labute approximate surface area is 235 Å². The smallest absolute Gasteiger partial charge is 0.232 e. The van der Waals surface area contributed by atoms with Crippen molar-refractivity contribution in [2.24, 2.45) is 5.92 Å². The molecule has 0 aromatic heterocycles. The highest BCUT2D eigenvalue weighted by Gasteiger charge is 2.38. The van der Waals surface area contributed by atoms with E-state index in [1.54, 1.807) is 7.11 Å². The number of nitrogens with one attached hydrogen (secondary N) is 1. The number of aliphatic hydroxyl groups is 1. The molecule has 2 heterocycles. The SMILES string of the molecule is COc1cc2c(cc1OC(C)C)[C@H](c1ccc(Cl)cc1)N(c1ccc([C@@](C)(O)C3CCCNC3)cc1)C(=O)C2. The summed E-state index contributed by atoms with van der Waals surface area (Å²) in [4.78, 5) is 15.6. The van der Waals surface area contributed by atoms with Crippen LogP contribution in [0.2, 0.25) is 5.02 Å². The average Bonchev–Trinajstić information content (AvgIpc) is 2.93. The van der Waals surface area contributed by atoms with E-state index in [9.17, 15) is 9.90 Å². The molecule has 0 spiro atoms. The fourth-order valence-electron chi connectivity index (χ4n) is 5.86. The lowest BCUT2D eigenvalue weighted by Crippen LogP contribution is -2.42. The minimum atomic E-state index is -0.959. The Morgan fingerprint density at radius 3 is 2.41 bits per heavy atom. The van der Waals surface area contributed by atoms with Crippen LogP contribution < -0.4 is 19.7 Å². The first kappa shape index (κ1) is 27.5. The zero-order chi connectivity index (χ0) is 27.7. The summed E-state index contributed by atoms with van der Waals surface area (Å²) in [6, 6.07) is 19.0. The van der Waals surface area contributed by atoms with E-state index in [0.717, 1.165) is 53.9 Å². The number of rotatable bonds is 7. The van der Waals surface area contributed by atoms with Crippen LogP contribution in [0.25, 0.3) is 0 Å². The highest BCUT2D eigenvalue weighted by atomic mass is 35.5. The molecule has 3 atom stereocenters. The van der Waals surface area contributed by atoms with Crippen LogP contribution in [0, 0.1) is 5.92 Å². The van der Waals surface area contributed by atoms with Crippen molar-refractivity contribution in [1.82, 2.24) is 5.32 Å². The van der Waals surface area contributed by atoms with E-state index in [1.165, 1.54) is 0 Å². The molecule has 1 fully saturated rings. The number of hydrogen-bond acceptors (Lipinski definition) is 5. The molecule has 1 saturated heterocycles. The first-order valence-corrected chi connectivity index (χ1v) is 14.1. The minimum Gasteiger partial charge on any atom is -0.493 e. The van der Waals surface area contributed by atoms with Gasteiger partial charge in [-0.2, -0.15) is 0 Å². The van der Waals surface area contributed by atoms with Crippen LogP contribution in [0.1, 0.15) is 61.9 Å². The molecule has 3 aromatic rings. The lowest BCUT2D eigenvalue weighted by atomic mass is 9.78. The van der Waals surface area contributed by atoms with E-state index in [1.807, 2.05) is 86.3 Å². The quantitative estimate of drug-likeness (QED) is 0.378. The second-order valence-electron chi connectivity index (χ2n) is 11.0. The predicted molar refractivity (Wildman–Crippen MR) is 155 cm³/mol. The summed E-state index contributed by atoms with van der Waals surface area (Å²) in [6.45, 7) is 7.63. The second-order valence-corrected chi connectivity index (χ2v) is 11.4. The molecule has 2 aliphatic rings. The van der Waals surface area contributed by atoms with Crippen molar-refractivity contribution in [1.29, 1.82) is 0 Å². The maximum Gasteiger partial charge on any atom is 0.232 e.